The Morgan fingerprint density at radius 2 is 1.87 bits per heavy atom. The van der Waals surface area contributed by atoms with Crippen LogP contribution in [0.2, 0.25) is 0 Å². The topological polar surface area (TPSA) is 87.7 Å². The minimum Gasteiger partial charge on any atom is -0.497 e. The number of amides is 3. The number of hydrogen-bond acceptors (Lipinski definition) is 4. The Balaban J connectivity index is 1.63. The van der Waals surface area contributed by atoms with Gasteiger partial charge in [0.25, 0.3) is 0 Å². The first kappa shape index (κ1) is 22.1. The Morgan fingerprint density at radius 1 is 1.20 bits per heavy atom. The van der Waals surface area contributed by atoms with E-state index in [2.05, 4.69) is 10.6 Å². The minimum atomic E-state index is -0.576. The van der Waals surface area contributed by atoms with Gasteiger partial charge < -0.3 is 20.3 Å². The summed E-state index contributed by atoms with van der Waals surface area (Å²) >= 11 is 0. The van der Waals surface area contributed by atoms with Gasteiger partial charge in [-0.25, -0.2) is 0 Å². The van der Waals surface area contributed by atoms with Crippen molar-refractivity contribution >= 4 is 23.4 Å². The zero-order valence-corrected chi connectivity index (χ0v) is 18.1. The van der Waals surface area contributed by atoms with Crippen LogP contribution in [0.15, 0.2) is 24.3 Å². The first-order valence-electron chi connectivity index (χ1n) is 11.0. The van der Waals surface area contributed by atoms with Crippen LogP contribution in [0.25, 0.3) is 0 Å². The fraction of sp³-hybridized carbons (Fsp3) is 0.609. The standard InChI is InChI=1S/C23H33N3O4/c1-4-15(2)21(23(29)24-17-7-5-6-8-17)25-22(28)16-13-20(27)26(14-16)18-9-11-19(30-3)12-10-18/h9-12,15-17,21H,4-8,13-14H2,1-3H3,(H,24,29)(H,25,28)/t15-,16-,21-/m0/s1. The van der Waals surface area contributed by atoms with Crippen LogP contribution in [0.1, 0.15) is 52.4 Å². The molecule has 0 spiro atoms. The van der Waals surface area contributed by atoms with Gasteiger partial charge in [-0.3, -0.25) is 14.4 Å². The van der Waals surface area contributed by atoms with E-state index in [1.54, 1.807) is 24.1 Å². The van der Waals surface area contributed by atoms with Crippen LogP contribution in [0.5, 0.6) is 5.75 Å². The predicted molar refractivity (Wildman–Crippen MR) is 115 cm³/mol. The fourth-order valence-electron chi connectivity index (χ4n) is 4.23. The SMILES string of the molecule is CC[C@H](C)[C@H](NC(=O)[C@H]1CC(=O)N(c2ccc(OC)cc2)C1)C(=O)NC1CCCC1. The molecule has 2 fully saturated rings. The van der Waals surface area contributed by atoms with Gasteiger partial charge in [-0.05, 0) is 43.0 Å². The Bertz CT molecular complexity index is 758. The monoisotopic (exact) mass is 415 g/mol. The summed E-state index contributed by atoms with van der Waals surface area (Å²) in [6.45, 7) is 4.30. The molecule has 0 unspecified atom stereocenters. The third-order valence-electron chi connectivity index (χ3n) is 6.37. The van der Waals surface area contributed by atoms with Gasteiger partial charge in [0.2, 0.25) is 17.7 Å². The van der Waals surface area contributed by atoms with E-state index in [9.17, 15) is 14.4 Å². The largest absolute Gasteiger partial charge is 0.497 e. The summed E-state index contributed by atoms with van der Waals surface area (Å²) < 4.78 is 5.16. The molecule has 7 nitrogen and oxygen atoms in total. The van der Waals surface area contributed by atoms with Crippen molar-refractivity contribution in [1.29, 1.82) is 0 Å². The summed E-state index contributed by atoms with van der Waals surface area (Å²) in [4.78, 5) is 39.9. The molecule has 1 aromatic carbocycles. The van der Waals surface area contributed by atoms with E-state index in [1.807, 2.05) is 26.0 Å². The van der Waals surface area contributed by atoms with E-state index in [0.29, 0.717) is 12.3 Å². The number of rotatable bonds is 8. The van der Waals surface area contributed by atoms with Gasteiger partial charge in [-0.15, -0.1) is 0 Å². The minimum absolute atomic E-state index is 0.0187. The van der Waals surface area contributed by atoms with Crippen molar-refractivity contribution in [3.63, 3.8) is 0 Å². The number of ether oxygens (including phenoxy) is 1. The van der Waals surface area contributed by atoms with Gasteiger partial charge in [0.05, 0.1) is 13.0 Å². The lowest BCUT2D eigenvalue weighted by Crippen LogP contribution is -2.53. The van der Waals surface area contributed by atoms with Gasteiger partial charge in [-0.2, -0.15) is 0 Å². The zero-order chi connectivity index (χ0) is 21.7. The molecule has 7 heteroatoms. The molecule has 1 saturated carbocycles. The molecule has 0 radical (unpaired) electrons. The molecule has 1 aliphatic carbocycles. The molecular formula is C23H33N3O4. The van der Waals surface area contributed by atoms with Crippen LogP contribution < -0.4 is 20.3 Å². The maximum atomic E-state index is 13.0. The molecule has 1 aliphatic heterocycles. The molecule has 1 aromatic rings. The molecule has 0 aromatic heterocycles. The number of hydrogen-bond donors (Lipinski definition) is 2. The lowest BCUT2D eigenvalue weighted by atomic mass is 9.96. The highest BCUT2D eigenvalue weighted by molar-refractivity contribution is 6.01. The molecule has 30 heavy (non-hydrogen) atoms. The average molecular weight is 416 g/mol. The molecule has 1 saturated heterocycles. The maximum Gasteiger partial charge on any atom is 0.243 e. The molecule has 0 bridgehead atoms. The third-order valence-corrected chi connectivity index (χ3v) is 6.37. The molecule has 164 valence electrons. The molecule has 3 atom stereocenters. The van der Waals surface area contributed by atoms with E-state index in [0.717, 1.165) is 37.8 Å². The van der Waals surface area contributed by atoms with Gasteiger partial charge in [0.15, 0.2) is 0 Å². The summed E-state index contributed by atoms with van der Waals surface area (Å²) in [5.74, 6) is -0.164. The highest BCUT2D eigenvalue weighted by Crippen LogP contribution is 2.27. The average Bonchev–Trinajstić information content (AvgIpc) is 3.40. The number of nitrogens with one attached hydrogen (secondary N) is 2. The summed E-state index contributed by atoms with van der Waals surface area (Å²) in [5, 5.41) is 6.05. The molecule has 1 heterocycles. The molecule has 3 amide bonds. The second kappa shape index (κ2) is 9.96. The highest BCUT2D eigenvalue weighted by Gasteiger charge is 2.37. The number of carbonyl (C=O) groups is 3. The third kappa shape index (κ3) is 5.12. The molecule has 2 aliphatic rings. The van der Waals surface area contributed by atoms with Crippen molar-refractivity contribution in [2.45, 2.75) is 64.5 Å². The van der Waals surface area contributed by atoms with E-state index in [1.165, 1.54) is 0 Å². The number of nitrogens with zero attached hydrogens (tertiary/aromatic N) is 1. The number of methoxy groups -OCH3 is 1. The van der Waals surface area contributed by atoms with E-state index < -0.39 is 12.0 Å². The molecular weight excluding hydrogens is 382 g/mol. The van der Waals surface area contributed by atoms with E-state index in [4.69, 9.17) is 4.74 Å². The van der Waals surface area contributed by atoms with Gasteiger partial charge in [0, 0.05) is 24.7 Å². The Kier molecular flexibility index (Phi) is 7.34. The van der Waals surface area contributed by atoms with Crippen LogP contribution in [-0.2, 0) is 14.4 Å². The highest BCUT2D eigenvalue weighted by atomic mass is 16.5. The summed E-state index contributed by atoms with van der Waals surface area (Å²) in [6, 6.07) is 6.85. The zero-order valence-electron chi connectivity index (χ0n) is 18.1. The quantitative estimate of drug-likeness (QED) is 0.683. The van der Waals surface area contributed by atoms with Crippen LogP contribution in [-0.4, -0.2) is 43.5 Å². The summed E-state index contributed by atoms with van der Waals surface area (Å²) in [7, 11) is 1.59. The van der Waals surface area contributed by atoms with Crippen molar-refractivity contribution in [3.8, 4) is 5.75 Å². The van der Waals surface area contributed by atoms with E-state index in [-0.39, 0.29) is 36.1 Å². The second-order valence-corrected chi connectivity index (χ2v) is 8.47. The van der Waals surface area contributed by atoms with Crippen molar-refractivity contribution in [2.24, 2.45) is 11.8 Å². The van der Waals surface area contributed by atoms with Crippen LogP contribution >= 0.6 is 0 Å². The lowest BCUT2D eigenvalue weighted by molar-refractivity contribution is -0.132. The second-order valence-electron chi connectivity index (χ2n) is 8.47. The maximum absolute atomic E-state index is 13.0. The normalized spacial score (nSPS) is 21.4. The van der Waals surface area contributed by atoms with Crippen LogP contribution in [0.3, 0.4) is 0 Å². The first-order valence-corrected chi connectivity index (χ1v) is 11.0. The van der Waals surface area contributed by atoms with Crippen molar-refractivity contribution in [1.82, 2.24) is 10.6 Å². The fourth-order valence-corrected chi connectivity index (χ4v) is 4.23. The Hall–Kier alpha value is -2.57. The molecule has 2 N–H and O–H groups in total. The molecule has 3 rings (SSSR count). The summed E-state index contributed by atoms with van der Waals surface area (Å²) in [5.41, 5.74) is 0.744. The number of anilines is 1. The van der Waals surface area contributed by atoms with Gasteiger partial charge in [0.1, 0.15) is 11.8 Å². The van der Waals surface area contributed by atoms with Crippen molar-refractivity contribution < 1.29 is 19.1 Å². The van der Waals surface area contributed by atoms with Crippen molar-refractivity contribution in [2.75, 3.05) is 18.6 Å². The lowest BCUT2D eigenvalue weighted by Gasteiger charge is -2.26. The van der Waals surface area contributed by atoms with E-state index >= 15 is 0 Å². The van der Waals surface area contributed by atoms with Crippen molar-refractivity contribution in [3.05, 3.63) is 24.3 Å². The Morgan fingerprint density at radius 3 is 2.47 bits per heavy atom. The summed E-state index contributed by atoms with van der Waals surface area (Å²) in [6.07, 6.45) is 5.20. The van der Waals surface area contributed by atoms with Crippen LogP contribution in [0.4, 0.5) is 5.69 Å². The smallest absolute Gasteiger partial charge is 0.243 e. The Labute approximate surface area is 178 Å². The van der Waals surface area contributed by atoms with Gasteiger partial charge >= 0.3 is 0 Å². The first-order chi connectivity index (χ1) is 14.4. The number of carbonyl (C=O) groups excluding carboxylic acids is 3. The van der Waals surface area contributed by atoms with Crippen LogP contribution in [0, 0.1) is 11.8 Å². The number of benzene rings is 1. The predicted octanol–water partition coefficient (Wildman–Crippen LogP) is 2.64. The van der Waals surface area contributed by atoms with Gasteiger partial charge in [-0.1, -0.05) is 33.1 Å².